The van der Waals surface area contributed by atoms with E-state index >= 15 is 0 Å². The van der Waals surface area contributed by atoms with E-state index in [1.807, 2.05) is 0 Å². The monoisotopic (exact) mass is 155 g/mol. The van der Waals surface area contributed by atoms with E-state index in [0.717, 1.165) is 18.9 Å². The highest BCUT2D eigenvalue weighted by molar-refractivity contribution is 5.95. The molecule has 1 N–H and O–H groups in total. The molecule has 1 radical (unpaired) electrons. The molecule has 0 saturated heterocycles. The van der Waals surface area contributed by atoms with Crippen molar-refractivity contribution in [1.82, 2.24) is 4.90 Å². The molecular weight excluding hydrogens is 140 g/mol. The summed E-state index contributed by atoms with van der Waals surface area (Å²) in [5.74, 6) is 2.30. The van der Waals surface area contributed by atoms with Crippen molar-refractivity contribution in [2.45, 2.75) is 13.8 Å². The van der Waals surface area contributed by atoms with Gasteiger partial charge in [-0.25, -0.2) is 0 Å². The van der Waals surface area contributed by atoms with Gasteiger partial charge in [0.1, 0.15) is 5.84 Å². The van der Waals surface area contributed by atoms with Crippen LogP contribution in [0.5, 0.6) is 0 Å². The minimum atomic E-state index is 0.215. The third kappa shape index (κ3) is 1.93. The van der Waals surface area contributed by atoms with Gasteiger partial charge in [-0.05, 0) is 0 Å². The molecule has 1 aliphatic heterocycles. The van der Waals surface area contributed by atoms with Crippen LogP contribution in [0.3, 0.4) is 0 Å². The van der Waals surface area contributed by atoms with Crippen LogP contribution < -0.4 is 0 Å². The minimum Gasteiger partial charge on any atom is -0.395 e. The lowest BCUT2D eigenvalue weighted by molar-refractivity contribution is 0.256. The van der Waals surface area contributed by atoms with Gasteiger partial charge in [0.15, 0.2) is 0 Å². The number of aliphatic imine (C=N–C) groups is 1. The van der Waals surface area contributed by atoms with Gasteiger partial charge in [-0.3, -0.25) is 4.99 Å². The zero-order valence-corrected chi connectivity index (χ0v) is 7.17. The third-order valence-electron chi connectivity index (χ3n) is 1.75. The lowest BCUT2D eigenvalue weighted by atomic mass is 10.2. The van der Waals surface area contributed by atoms with E-state index in [-0.39, 0.29) is 6.61 Å². The maximum atomic E-state index is 8.72. The van der Waals surface area contributed by atoms with E-state index in [1.165, 1.54) is 5.92 Å². The highest BCUT2D eigenvalue weighted by atomic mass is 16.3. The molecule has 0 amide bonds. The number of nitrogens with zero attached hydrogens (tertiary/aromatic N) is 2. The number of aliphatic hydroxyl groups excluding tert-OH is 1. The van der Waals surface area contributed by atoms with E-state index in [0.29, 0.717) is 6.54 Å². The summed E-state index contributed by atoms with van der Waals surface area (Å²) in [6.45, 7) is 6.86. The molecule has 0 saturated carbocycles. The molecule has 3 heteroatoms. The summed E-state index contributed by atoms with van der Waals surface area (Å²) in [6.07, 6.45) is 0. The molecule has 63 valence electrons. The third-order valence-corrected chi connectivity index (χ3v) is 1.75. The fraction of sp³-hybridized carbons (Fsp3) is 0.750. The number of hydrogen-bond acceptors (Lipinski definition) is 3. The summed E-state index contributed by atoms with van der Waals surface area (Å²) in [4.78, 5) is 6.45. The zero-order valence-electron chi connectivity index (χ0n) is 7.17. The highest BCUT2D eigenvalue weighted by Gasteiger charge is 2.18. The van der Waals surface area contributed by atoms with Gasteiger partial charge in [-0.1, -0.05) is 13.8 Å². The van der Waals surface area contributed by atoms with Crippen LogP contribution in [-0.2, 0) is 0 Å². The van der Waals surface area contributed by atoms with Crippen molar-refractivity contribution in [3.8, 4) is 0 Å². The molecule has 0 fully saturated rings. The van der Waals surface area contributed by atoms with Gasteiger partial charge in [-0.2, -0.15) is 0 Å². The summed E-state index contributed by atoms with van der Waals surface area (Å²) in [5.41, 5.74) is 0. The van der Waals surface area contributed by atoms with Crippen LogP contribution in [0.1, 0.15) is 13.8 Å². The SMILES string of the molecule is C[C](C)C1=NCCN1CCO. The van der Waals surface area contributed by atoms with Crippen molar-refractivity contribution in [3.63, 3.8) is 0 Å². The summed E-state index contributed by atoms with van der Waals surface area (Å²) < 4.78 is 0. The molecule has 0 bridgehead atoms. The molecule has 0 atom stereocenters. The van der Waals surface area contributed by atoms with E-state index in [1.54, 1.807) is 0 Å². The summed E-state index contributed by atoms with van der Waals surface area (Å²) in [6, 6.07) is 0. The van der Waals surface area contributed by atoms with Crippen LogP contribution in [0.4, 0.5) is 0 Å². The lowest BCUT2D eigenvalue weighted by Crippen LogP contribution is -2.32. The first-order valence-corrected chi connectivity index (χ1v) is 3.96. The summed E-state index contributed by atoms with van der Waals surface area (Å²) in [5, 5.41) is 8.72. The summed E-state index contributed by atoms with van der Waals surface area (Å²) >= 11 is 0. The predicted octanol–water partition coefficient (Wildman–Crippen LogP) is 0.307. The Morgan fingerprint density at radius 1 is 1.64 bits per heavy atom. The van der Waals surface area contributed by atoms with Gasteiger partial charge in [-0.15, -0.1) is 0 Å². The van der Waals surface area contributed by atoms with Gasteiger partial charge in [0.2, 0.25) is 0 Å². The Morgan fingerprint density at radius 2 is 2.36 bits per heavy atom. The molecule has 0 aromatic rings. The molecular formula is C8H15N2O. The normalized spacial score (nSPS) is 17.8. The number of rotatable bonds is 3. The van der Waals surface area contributed by atoms with Gasteiger partial charge < -0.3 is 10.0 Å². The van der Waals surface area contributed by atoms with Crippen LogP contribution in [0.2, 0.25) is 0 Å². The second-order valence-corrected chi connectivity index (χ2v) is 2.92. The first kappa shape index (κ1) is 8.53. The number of β-amino-alcohol motifs (C(OH)–C–C–N with tert-alkyl or cyclic N) is 1. The highest BCUT2D eigenvalue weighted by Crippen LogP contribution is 2.10. The maximum absolute atomic E-state index is 8.72. The van der Waals surface area contributed by atoms with Crippen molar-refractivity contribution in [2.75, 3.05) is 26.2 Å². The second kappa shape index (κ2) is 3.72. The molecule has 3 nitrogen and oxygen atoms in total. The van der Waals surface area contributed by atoms with E-state index < -0.39 is 0 Å². The van der Waals surface area contributed by atoms with Gasteiger partial charge in [0.25, 0.3) is 0 Å². The molecule has 0 spiro atoms. The lowest BCUT2D eigenvalue weighted by Gasteiger charge is -2.20. The Kier molecular flexibility index (Phi) is 2.88. The minimum absolute atomic E-state index is 0.215. The van der Waals surface area contributed by atoms with Gasteiger partial charge in [0.05, 0.1) is 13.2 Å². The number of aliphatic hydroxyl groups is 1. The molecule has 0 aliphatic carbocycles. The first-order valence-electron chi connectivity index (χ1n) is 3.96. The maximum Gasteiger partial charge on any atom is 0.106 e. The van der Waals surface area contributed by atoms with Gasteiger partial charge >= 0.3 is 0 Å². The smallest absolute Gasteiger partial charge is 0.106 e. The molecule has 1 aliphatic rings. The standard InChI is InChI=1S/C8H15N2O/c1-7(2)8-9-3-4-10(8)5-6-11/h11H,3-6H2,1-2H3. The first-order chi connectivity index (χ1) is 5.25. The van der Waals surface area contributed by atoms with E-state index in [4.69, 9.17) is 5.11 Å². The van der Waals surface area contributed by atoms with Crippen molar-refractivity contribution >= 4 is 5.84 Å². The zero-order chi connectivity index (χ0) is 8.27. The molecule has 1 rings (SSSR count). The Balaban J connectivity index is 2.48. The van der Waals surface area contributed by atoms with Crippen molar-refractivity contribution in [3.05, 3.63) is 5.92 Å². The largest absolute Gasteiger partial charge is 0.395 e. The number of hydrogen-bond donors (Lipinski definition) is 1. The molecule has 11 heavy (non-hydrogen) atoms. The van der Waals surface area contributed by atoms with Crippen molar-refractivity contribution in [1.29, 1.82) is 0 Å². The van der Waals surface area contributed by atoms with Crippen LogP contribution in [0.25, 0.3) is 0 Å². The Morgan fingerprint density at radius 3 is 2.91 bits per heavy atom. The fourth-order valence-electron chi connectivity index (χ4n) is 1.30. The molecule has 0 unspecified atom stereocenters. The van der Waals surface area contributed by atoms with Crippen LogP contribution in [0.15, 0.2) is 4.99 Å². The van der Waals surface area contributed by atoms with E-state index in [9.17, 15) is 0 Å². The Bertz CT molecular complexity index is 154. The Labute approximate surface area is 67.7 Å². The second-order valence-electron chi connectivity index (χ2n) is 2.92. The average Bonchev–Trinajstić information content (AvgIpc) is 2.36. The van der Waals surface area contributed by atoms with Crippen LogP contribution in [0, 0.1) is 5.92 Å². The fourth-order valence-corrected chi connectivity index (χ4v) is 1.30. The Hall–Kier alpha value is -0.570. The van der Waals surface area contributed by atoms with E-state index in [2.05, 4.69) is 23.7 Å². The summed E-state index contributed by atoms with van der Waals surface area (Å²) in [7, 11) is 0. The predicted molar refractivity (Wildman–Crippen MR) is 45.6 cm³/mol. The van der Waals surface area contributed by atoms with Crippen molar-refractivity contribution < 1.29 is 5.11 Å². The van der Waals surface area contributed by atoms with Crippen molar-refractivity contribution in [2.24, 2.45) is 4.99 Å². The quantitative estimate of drug-likeness (QED) is 0.636. The molecule has 0 aromatic carbocycles. The van der Waals surface area contributed by atoms with Gasteiger partial charge in [0, 0.05) is 19.0 Å². The topological polar surface area (TPSA) is 35.8 Å². The average molecular weight is 155 g/mol. The van der Waals surface area contributed by atoms with Crippen LogP contribution in [-0.4, -0.2) is 42.1 Å². The van der Waals surface area contributed by atoms with Crippen LogP contribution >= 0.6 is 0 Å². The molecule has 0 aromatic heterocycles. The number of amidine groups is 1. The molecule has 1 heterocycles.